The van der Waals surface area contributed by atoms with E-state index in [2.05, 4.69) is 0 Å². The van der Waals surface area contributed by atoms with Crippen LogP contribution in [0.4, 0.5) is 9.59 Å². The lowest BCUT2D eigenvalue weighted by Gasteiger charge is -2.37. The Balaban J connectivity index is 2.80. The van der Waals surface area contributed by atoms with Crippen molar-refractivity contribution in [3.63, 3.8) is 0 Å². The van der Waals surface area contributed by atoms with Crippen molar-refractivity contribution in [3.8, 4) is 0 Å². The highest BCUT2D eigenvalue weighted by Crippen LogP contribution is 2.17. The van der Waals surface area contributed by atoms with Crippen molar-refractivity contribution in [2.24, 2.45) is 0 Å². The molecule has 0 aromatic rings. The van der Waals surface area contributed by atoms with E-state index in [1.54, 1.807) is 41.5 Å². The fourth-order valence-corrected chi connectivity index (χ4v) is 1.52. The fourth-order valence-electron chi connectivity index (χ4n) is 1.52. The van der Waals surface area contributed by atoms with Crippen LogP contribution in [0.5, 0.6) is 0 Å². The van der Waals surface area contributed by atoms with Gasteiger partial charge in [0, 0.05) is 0 Å². The average Bonchev–Trinajstić information content (AvgIpc) is 2.24. The largest absolute Gasteiger partial charge is 0.442 e. The summed E-state index contributed by atoms with van der Waals surface area (Å²) in [6.07, 6.45) is 2.50. The molecule has 0 aromatic heterocycles. The molecule has 0 radical (unpaired) electrons. The van der Waals surface area contributed by atoms with E-state index < -0.39 is 23.4 Å². The molecule has 0 spiro atoms. The minimum Gasteiger partial charge on any atom is -0.442 e. The molecule has 1 heterocycles. The summed E-state index contributed by atoms with van der Waals surface area (Å²) in [7, 11) is 0. The van der Waals surface area contributed by atoms with E-state index in [1.807, 2.05) is 12.2 Å². The van der Waals surface area contributed by atoms with Crippen molar-refractivity contribution in [1.29, 1.82) is 0 Å². The Morgan fingerprint density at radius 2 is 1.10 bits per heavy atom. The maximum atomic E-state index is 12.1. The highest BCUT2D eigenvalue weighted by atomic mass is 16.6. The van der Waals surface area contributed by atoms with E-state index in [0.717, 1.165) is 0 Å². The number of hydrazine groups is 1. The zero-order chi connectivity index (χ0) is 15.6. The van der Waals surface area contributed by atoms with Crippen molar-refractivity contribution < 1.29 is 19.1 Å². The number of amides is 2. The van der Waals surface area contributed by atoms with Gasteiger partial charge in [-0.3, -0.25) is 0 Å². The SMILES string of the molecule is CC(C)(C)OC(=O)N1CC=CCN1C(=O)OC(C)(C)C. The molecule has 0 N–H and O–H groups in total. The van der Waals surface area contributed by atoms with Crippen LogP contribution in [0.3, 0.4) is 0 Å². The van der Waals surface area contributed by atoms with Crippen LogP contribution in [0, 0.1) is 0 Å². The molecule has 0 aromatic carbocycles. The molecule has 1 rings (SSSR count). The van der Waals surface area contributed by atoms with Gasteiger partial charge in [-0.05, 0) is 41.5 Å². The van der Waals surface area contributed by atoms with Crippen LogP contribution in [0.1, 0.15) is 41.5 Å². The molecule has 0 atom stereocenters. The molecule has 6 nitrogen and oxygen atoms in total. The van der Waals surface area contributed by atoms with E-state index in [1.165, 1.54) is 10.0 Å². The number of ether oxygens (including phenoxy) is 2. The molecule has 0 bridgehead atoms. The van der Waals surface area contributed by atoms with Crippen LogP contribution < -0.4 is 0 Å². The summed E-state index contributed by atoms with van der Waals surface area (Å²) in [4.78, 5) is 24.2. The topological polar surface area (TPSA) is 59.1 Å². The number of hydrogen-bond acceptors (Lipinski definition) is 4. The maximum absolute atomic E-state index is 12.1. The molecule has 2 amide bonds. The number of rotatable bonds is 0. The lowest BCUT2D eigenvalue weighted by Crippen LogP contribution is -2.54. The Morgan fingerprint density at radius 1 is 0.800 bits per heavy atom. The third kappa shape index (κ3) is 5.11. The van der Waals surface area contributed by atoms with Crippen LogP contribution >= 0.6 is 0 Å². The Bertz CT molecular complexity index is 366. The van der Waals surface area contributed by atoms with Crippen LogP contribution in [0.15, 0.2) is 12.2 Å². The summed E-state index contributed by atoms with van der Waals surface area (Å²) in [5.74, 6) is 0. The normalized spacial score (nSPS) is 16.1. The molecule has 0 saturated carbocycles. The van der Waals surface area contributed by atoms with Crippen LogP contribution in [0.2, 0.25) is 0 Å². The zero-order valence-corrected chi connectivity index (χ0v) is 13.1. The minimum absolute atomic E-state index is 0.286. The van der Waals surface area contributed by atoms with E-state index >= 15 is 0 Å². The molecular weight excluding hydrogens is 260 g/mol. The molecule has 0 saturated heterocycles. The van der Waals surface area contributed by atoms with E-state index in [0.29, 0.717) is 0 Å². The Hall–Kier alpha value is -1.72. The van der Waals surface area contributed by atoms with E-state index in [-0.39, 0.29) is 13.1 Å². The van der Waals surface area contributed by atoms with Gasteiger partial charge in [-0.15, -0.1) is 0 Å². The van der Waals surface area contributed by atoms with Gasteiger partial charge < -0.3 is 9.47 Å². The predicted octanol–water partition coefficient (Wildman–Crippen LogP) is 2.95. The summed E-state index contributed by atoms with van der Waals surface area (Å²) in [5.41, 5.74) is -1.23. The van der Waals surface area contributed by atoms with Gasteiger partial charge in [-0.1, -0.05) is 12.2 Å². The number of hydrogen-bond donors (Lipinski definition) is 0. The van der Waals surface area contributed by atoms with Gasteiger partial charge >= 0.3 is 12.2 Å². The first-order chi connectivity index (χ1) is 8.99. The molecule has 114 valence electrons. The first-order valence-electron chi connectivity index (χ1n) is 6.65. The van der Waals surface area contributed by atoms with E-state index in [4.69, 9.17) is 9.47 Å². The minimum atomic E-state index is -0.613. The first kappa shape index (κ1) is 16.3. The number of carbonyl (C=O) groups excluding carboxylic acids is 2. The predicted molar refractivity (Wildman–Crippen MR) is 75.0 cm³/mol. The van der Waals surface area contributed by atoms with E-state index in [9.17, 15) is 9.59 Å². The maximum Gasteiger partial charge on any atom is 0.429 e. The average molecular weight is 284 g/mol. The molecular formula is C14H24N2O4. The van der Waals surface area contributed by atoms with Crippen molar-refractivity contribution in [1.82, 2.24) is 10.0 Å². The third-order valence-corrected chi connectivity index (χ3v) is 2.22. The molecule has 20 heavy (non-hydrogen) atoms. The fraction of sp³-hybridized carbons (Fsp3) is 0.714. The summed E-state index contributed by atoms with van der Waals surface area (Å²) >= 11 is 0. The van der Waals surface area contributed by atoms with Crippen LogP contribution in [-0.4, -0.2) is 46.5 Å². The van der Waals surface area contributed by atoms with Gasteiger partial charge in [0.05, 0.1) is 13.1 Å². The van der Waals surface area contributed by atoms with Crippen LogP contribution in [-0.2, 0) is 9.47 Å². The molecule has 0 fully saturated rings. The Morgan fingerprint density at radius 3 is 1.35 bits per heavy atom. The summed E-state index contributed by atoms with van der Waals surface area (Å²) in [6.45, 7) is 11.3. The van der Waals surface area contributed by atoms with Gasteiger partial charge in [-0.25, -0.2) is 19.6 Å². The van der Waals surface area contributed by atoms with Crippen molar-refractivity contribution >= 4 is 12.2 Å². The Labute approximate surface area is 120 Å². The summed E-state index contributed by atoms with van der Waals surface area (Å²) in [6, 6.07) is 0. The van der Waals surface area contributed by atoms with Crippen molar-refractivity contribution in [3.05, 3.63) is 12.2 Å². The highest BCUT2D eigenvalue weighted by molar-refractivity contribution is 5.75. The van der Waals surface area contributed by atoms with Gasteiger partial charge in [-0.2, -0.15) is 0 Å². The van der Waals surface area contributed by atoms with Crippen molar-refractivity contribution in [2.75, 3.05) is 13.1 Å². The quantitative estimate of drug-likeness (QED) is 0.642. The number of nitrogens with zero attached hydrogens (tertiary/aromatic N) is 2. The van der Waals surface area contributed by atoms with Gasteiger partial charge in [0.1, 0.15) is 11.2 Å². The second kappa shape index (κ2) is 5.73. The Kier molecular flexibility index (Phi) is 4.68. The monoisotopic (exact) mass is 284 g/mol. The third-order valence-electron chi connectivity index (χ3n) is 2.22. The second-order valence-corrected chi connectivity index (χ2v) is 6.60. The lowest BCUT2D eigenvalue weighted by molar-refractivity contribution is -0.0568. The molecule has 0 aliphatic carbocycles. The summed E-state index contributed by atoms with van der Waals surface area (Å²) < 4.78 is 10.6. The molecule has 6 heteroatoms. The van der Waals surface area contributed by atoms with Gasteiger partial charge in [0.25, 0.3) is 0 Å². The number of carbonyl (C=O) groups is 2. The molecule has 0 unspecified atom stereocenters. The van der Waals surface area contributed by atoms with Gasteiger partial charge in [0.2, 0.25) is 0 Å². The lowest BCUT2D eigenvalue weighted by atomic mass is 10.2. The standard InChI is InChI=1S/C14H24N2O4/c1-13(2,3)19-11(17)15-9-7-8-10-16(15)12(18)20-14(4,5)6/h7-8H,9-10H2,1-6H3. The zero-order valence-electron chi connectivity index (χ0n) is 13.1. The van der Waals surface area contributed by atoms with Crippen molar-refractivity contribution in [2.45, 2.75) is 52.7 Å². The molecule has 1 aliphatic rings. The smallest absolute Gasteiger partial charge is 0.429 e. The first-order valence-corrected chi connectivity index (χ1v) is 6.65. The molecule has 1 aliphatic heterocycles. The summed E-state index contributed by atoms with van der Waals surface area (Å²) in [5, 5.41) is 2.50. The highest BCUT2D eigenvalue weighted by Gasteiger charge is 2.33. The van der Waals surface area contributed by atoms with Crippen LogP contribution in [0.25, 0.3) is 0 Å². The second-order valence-electron chi connectivity index (χ2n) is 6.60. The van der Waals surface area contributed by atoms with Gasteiger partial charge in [0.15, 0.2) is 0 Å².